The minimum absolute atomic E-state index is 0. The average molecular weight is 430 g/mol. The van der Waals surface area contributed by atoms with E-state index in [-0.39, 0.29) is 207 Å². The van der Waals surface area contributed by atoms with Crippen molar-refractivity contribution >= 4 is 23.5 Å². The summed E-state index contributed by atoms with van der Waals surface area (Å²) >= 11 is 0. The molecule has 0 aliphatic rings. The topological polar surface area (TPSA) is 222 Å². The van der Waals surface area contributed by atoms with Gasteiger partial charge in [0.15, 0.2) is 0 Å². The molecule has 0 fully saturated rings. The quantitative estimate of drug-likeness (QED) is 0.296. The van der Waals surface area contributed by atoms with Gasteiger partial charge in [-0.1, -0.05) is 0 Å². The normalized spacial score (nSPS) is 8.71. The van der Waals surface area contributed by atoms with E-state index < -0.39 is 23.5 Å². The Kier molecular flexibility index (Phi) is 73.8. The summed E-state index contributed by atoms with van der Waals surface area (Å²) < 4.78 is 29.7. The van der Waals surface area contributed by atoms with Gasteiger partial charge in [-0.05, 0) is 0 Å². The van der Waals surface area contributed by atoms with Crippen molar-refractivity contribution < 1.29 is 259 Å². The predicted octanol–water partition coefficient (Wildman–Crippen LogP) is -27.1. The second-order valence-corrected chi connectivity index (χ2v) is 4.76. The molecule has 0 bridgehead atoms. The molecule has 0 aromatic rings. The second kappa shape index (κ2) is 27.4. The zero-order valence-electron chi connectivity index (χ0n) is 12.8. The number of hydrogen-bond donors (Lipinski definition) is 0. The molecule has 0 heterocycles. The maximum Gasteiger partial charge on any atom is 1.00 e. The van der Waals surface area contributed by atoms with Crippen LogP contribution in [0.2, 0.25) is 0 Å². The fourth-order valence-electron chi connectivity index (χ4n) is 0.122. The predicted molar refractivity (Wildman–Crippen MR) is 23.9 cm³/mol. The minimum Gasteiger partial charge on any atom is -0.822 e. The van der Waals surface area contributed by atoms with Crippen molar-refractivity contribution in [1.29, 1.82) is 0 Å². The van der Waals surface area contributed by atoms with E-state index in [9.17, 15) is 28.7 Å². The molecule has 0 amide bonds. The third-order valence-electron chi connectivity index (χ3n) is 0.200. The standard InChI is InChI=1S/7Na.H4O7P2.H3O4P/c;;;;;;;1-8(2,3)7-9(4,5)6;1-5(2,3)4/h;;;;;;;(H2,1,2,3)(H2,4,5,6);(H3,1,2,3,4)/q7*+1;;/p-7. The first-order chi connectivity index (χ1) is 5.71. The molecule has 0 rings (SSSR count). The van der Waals surface area contributed by atoms with Crippen LogP contribution in [0.4, 0.5) is 0 Å². The Labute approximate surface area is 276 Å². The Morgan fingerprint density at radius 2 is 0.571 bits per heavy atom. The summed E-state index contributed by atoms with van der Waals surface area (Å²) in [5.74, 6) is 0. The van der Waals surface area contributed by atoms with Gasteiger partial charge in [0.2, 0.25) is 0 Å². The molecule has 0 aliphatic heterocycles. The Morgan fingerprint density at radius 3 is 0.571 bits per heavy atom. The fraction of sp³-hybridized carbons (Fsp3) is 0. The summed E-state index contributed by atoms with van der Waals surface area (Å²) in [6, 6.07) is 0. The van der Waals surface area contributed by atoms with Crippen molar-refractivity contribution in [3.05, 3.63) is 0 Å². The van der Waals surface area contributed by atoms with Gasteiger partial charge in [-0.3, -0.25) is 0 Å². The van der Waals surface area contributed by atoms with E-state index in [4.69, 9.17) is 19.2 Å². The third kappa shape index (κ3) is 98.5. The van der Waals surface area contributed by atoms with Crippen LogP contribution < -0.4 is 241 Å². The smallest absolute Gasteiger partial charge is 0.822 e. The first-order valence-corrected chi connectivity index (χ1v) is 6.57. The maximum atomic E-state index is 9.32. The van der Waals surface area contributed by atoms with E-state index >= 15 is 0 Å². The van der Waals surface area contributed by atoms with Crippen LogP contribution in [0.3, 0.4) is 0 Å². The molecule has 0 aromatic heterocycles. The number of phosphoric acid groups is 3. The van der Waals surface area contributed by atoms with Gasteiger partial charge in [-0.2, -0.15) is 7.82 Å². The SMILES string of the molecule is O=P([O-])([O-])OP(=O)([O-])[O-].O=P([O-])([O-])[O-].[Na+].[Na+].[Na+].[Na+].[Na+].[Na+].[Na+]. The van der Waals surface area contributed by atoms with Gasteiger partial charge < -0.3 is 52.3 Å². The van der Waals surface area contributed by atoms with E-state index in [0.29, 0.717) is 0 Å². The van der Waals surface area contributed by atoms with Gasteiger partial charge in [0.1, 0.15) is 0 Å². The summed E-state index contributed by atoms with van der Waals surface area (Å²) in [5, 5.41) is 0. The van der Waals surface area contributed by atoms with Gasteiger partial charge in [0.25, 0.3) is 0 Å². The van der Waals surface area contributed by atoms with E-state index in [0.717, 1.165) is 0 Å². The summed E-state index contributed by atoms with van der Waals surface area (Å²) in [6.07, 6.45) is 0. The average Bonchev–Trinajstić information content (AvgIpc) is 1.42. The largest absolute Gasteiger partial charge is 1.00 e. The second-order valence-electron chi connectivity index (χ2n) is 1.42. The summed E-state index contributed by atoms with van der Waals surface area (Å²) in [6.45, 7) is 0. The van der Waals surface area contributed by atoms with E-state index in [2.05, 4.69) is 4.31 Å². The molecule has 0 radical (unpaired) electrons. The van der Waals surface area contributed by atoms with Gasteiger partial charge in [-0.25, -0.2) is 0 Å². The van der Waals surface area contributed by atoms with Crippen molar-refractivity contribution in [2.45, 2.75) is 0 Å². The van der Waals surface area contributed by atoms with E-state index in [1.165, 1.54) is 0 Å². The zero-order chi connectivity index (χ0) is 12.2. The molecule has 0 saturated heterocycles. The molecule has 21 heteroatoms. The molecule has 0 atom stereocenters. The minimum atomic E-state index is -5.68. The molecule has 21 heavy (non-hydrogen) atoms. The van der Waals surface area contributed by atoms with Crippen molar-refractivity contribution in [3.8, 4) is 0 Å². The summed E-state index contributed by atoms with van der Waals surface area (Å²) in [5.41, 5.74) is 0. The van der Waals surface area contributed by atoms with Crippen molar-refractivity contribution in [3.63, 3.8) is 0 Å². The first kappa shape index (κ1) is 56.6. The van der Waals surface area contributed by atoms with Crippen LogP contribution in [0.25, 0.3) is 0 Å². The Balaban J connectivity index is -0.0000000157. The molecule has 0 N–H and O–H groups in total. The molecule has 0 saturated carbocycles. The molecule has 0 spiro atoms. The molecule has 0 unspecified atom stereocenters. The van der Waals surface area contributed by atoms with Gasteiger partial charge in [-0.15, -0.1) is 0 Å². The van der Waals surface area contributed by atoms with Crippen LogP contribution >= 0.6 is 23.5 Å². The van der Waals surface area contributed by atoms with Crippen LogP contribution in [0, 0.1) is 0 Å². The van der Waals surface area contributed by atoms with Crippen molar-refractivity contribution in [2.75, 3.05) is 0 Å². The van der Waals surface area contributed by atoms with Crippen LogP contribution in [0.15, 0.2) is 0 Å². The zero-order valence-corrected chi connectivity index (χ0v) is 29.5. The van der Waals surface area contributed by atoms with E-state index in [1.807, 2.05) is 0 Å². The molecular formula is Na7O11P3. The van der Waals surface area contributed by atoms with Gasteiger partial charge in [0.05, 0.1) is 15.6 Å². The molecule has 0 aromatic carbocycles. The van der Waals surface area contributed by atoms with Gasteiger partial charge in [0, 0.05) is 0 Å². The first-order valence-electron chi connectivity index (χ1n) is 2.19. The van der Waals surface area contributed by atoms with Crippen LogP contribution in [0.5, 0.6) is 0 Å². The van der Waals surface area contributed by atoms with Crippen LogP contribution in [-0.2, 0) is 18.0 Å². The molecular weight excluding hydrogens is 430 g/mol. The van der Waals surface area contributed by atoms with Crippen LogP contribution in [0.1, 0.15) is 0 Å². The Hall–Kier alpha value is 7.37. The number of rotatable bonds is 2. The monoisotopic (exact) mass is 430 g/mol. The van der Waals surface area contributed by atoms with Crippen molar-refractivity contribution in [1.82, 2.24) is 0 Å². The molecule has 0 aliphatic carbocycles. The van der Waals surface area contributed by atoms with E-state index in [1.54, 1.807) is 0 Å². The maximum absolute atomic E-state index is 9.32. The fourth-order valence-corrected chi connectivity index (χ4v) is 1.10. The van der Waals surface area contributed by atoms with Crippen molar-refractivity contribution in [2.24, 2.45) is 0 Å². The summed E-state index contributed by atoms with van der Waals surface area (Å²) in [4.78, 5) is 62.9. The number of hydrogen-bond acceptors (Lipinski definition) is 11. The third-order valence-corrected chi connectivity index (χ3v) is 1.80. The Bertz CT molecular complexity index is 273. The molecule has 88 valence electrons. The molecule has 11 nitrogen and oxygen atoms in total. The van der Waals surface area contributed by atoms with Crippen LogP contribution in [-0.4, -0.2) is 0 Å². The van der Waals surface area contributed by atoms with Gasteiger partial charge >= 0.3 is 207 Å². The summed E-state index contributed by atoms with van der Waals surface area (Å²) in [7, 11) is -16.7. The Morgan fingerprint density at radius 1 is 0.476 bits per heavy atom.